The van der Waals surface area contributed by atoms with Crippen molar-refractivity contribution in [2.24, 2.45) is 7.05 Å². The van der Waals surface area contributed by atoms with Crippen molar-refractivity contribution >= 4 is 16.8 Å². The Bertz CT molecular complexity index is 1450. The van der Waals surface area contributed by atoms with Crippen LogP contribution in [-0.4, -0.2) is 19.7 Å². The standard InChI is InChI=1S/C27H27N5O2/c1-17-15-34-26-9-8-21(13-24(17)26)25-14-27(30-19(3)29-25)28-18(2)20-6-5-7-23(12-20)33-16-22-10-11-32(4)31-22/h5-15,18H,16H2,1-4H3,(H,28,29,30). The Kier molecular flexibility index (Phi) is 5.76. The van der Waals surface area contributed by atoms with Crippen molar-refractivity contribution in [1.29, 1.82) is 0 Å². The fraction of sp³-hybridized carbons (Fsp3) is 0.222. The molecule has 5 aromatic rings. The predicted octanol–water partition coefficient (Wildman–Crippen LogP) is 5.99. The van der Waals surface area contributed by atoms with Gasteiger partial charge in [0.1, 0.15) is 29.6 Å². The van der Waals surface area contributed by atoms with Crippen molar-refractivity contribution < 1.29 is 9.15 Å². The van der Waals surface area contributed by atoms with Gasteiger partial charge in [0, 0.05) is 30.3 Å². The second-order valence-corrected chi connectivity index (χ2v) is 8.52. The zero-order chi connectivity index (χ0) is 23.7. The van der Waals surface area contributed by atoms with Gasteiger partial charge < -0.3 is 14.5 Å². The average molecular weight is 454 g/mol. The van der Waals surface area contributed by atoms with Gasteiger partial charge in [0.05, 0.1) is 23.7 Å². The molecule has 0 aliphatic carbocycles. The van der Waals surface area contributed by atoms with Crippen molar-refractivity contribution in [2.45, 2.75) is 33.4 Å². The van der Waals surface area contributed by atoms with E-state index in [4.69, 9.17) is 9.15 Å². The molecule has 34 heavy (non-hydrogen) atoms. The summed E-state index contributed by atoms with van der Waals surface area (Å²) in [6, 6.07) is 18.2. The highest BCUT2D eigenvalue weighted by atomic mass is 16.5. The highest BCUT2D eigenvalue weighted by molar-refractivity contribution is 5.85. The lowest BCUT2D eigenvalue weighted by atomic mass is 10.1. The van der Waals surface area contributed by atoms with Gasteiger partial charge in [-0.2, -0.15) is 5.10 Å². The second-order valence-electron chi connectivity index (χ2n) is 8.52. The summed E-state index contributed by atoms with van der Waals surface area (Å²) in [5.74, 6) is 2.29. The molecule has 3 aromatic heterocycles. The summed E-state index contributed by atoms with van der Waals surface area (Å²) in [6.07, 6.45) is 3.69. The van der Waals surface area contributed by atoms with E-state index in [2.05, 4.69) is 39.4 Å². The predicted molar refractivity (Wildman–Crippen MR) is 133 cm³/mol. The maximum Gasteiger partial charge on any atom is 0.134 e. The van der Waals surface area contributed by atoms with Gasteiger partial charge >= 0.3 is 0 Å². The Balaban J connectivity index is 1.33. The molecule has 1 atom stereocenters. The van der Waals surface area contributed by atoms with Gasteiger partial charge in [0.25, 0.3) is 0 Å². The summed E-state index contributed by atoms with van der Waals surface area (Å²) in [6.45, 7) is 6.49. The summed E-state index contributed by atoms with van der Waals surface area (Å²) in [4.78, 5) is 9.28. The van der Waals surface area contributed by atoms with Gasteiger partial charge in [-0.15, -0.1) is 0 Å². The van der Waals surface area contributed by atoms with Crippen LogP contribution in [0.4, 0.5) is 5.82 Å². The minimum atomic E-state index is 0.0270. The van der Waals surface area contributed by atoms with Crippen LogP contribution < -0.4 is 10.1 Å². The van der Waals surface area contributed by atoms with E-state index in [0.29, 0.717) is 12.4 Å². The van der Waals surface area contributed by atoms with Gasteiger partial charge in [0.15, 0.2) is 0 Å². The van der Waals surface area contributed by atoms with Crippen molar-refractivity contribution in [3.63, 3.8) is 0 Å². The van der Waals surface area contributed by atoms with Gasteiger partial charge in [-0.25, -0.2) is 9.97 Å². The topological polar surface area (TPSA) is 78.0 Å². The van der Waals surface area contributed by atoms with E-state index < -0.39 is 0 Å². The molecule has 2 aromatic carbocycles. The van der Waals surface area contributed by atoms with Crippen molar-refractivity contribution in [3.05, 3.63) is 89.7 Å². The molecule has 0 fully saturated rings. The van der Waals surface area contributed by atoms with Crippen molar-refractivity contribution in [3.8, 4) is 17.0 Å². The number of anilines is 1. The van der Waals surface area contributed by atoms with E-state index >= 15 is 0 Å². The lowest BCUT2D eigenvalue weighted by Gasteiger charge is -2.17. The maximum absolute atomic E-state index is 5.94. The molecule has 0 spiro atoms. The van der Waals surface area contributed by atoms with E-state index in [1.165, 1.54) is 0 Å². The number of aryl methyl sites for hydroxylation is 3. The molecule has 0 aliphatic heterocycles. The number of ether oxygens (including phenoxy) is 1. The van der Waals surface area contributed by atoms with E-state index in [-0.39, 0.29) is 6.04 Å². The summed E-state index contributed by atoms with van der Waals surface area (Å²) in [5, 5.41) is 8.97. The number of hydrogen-bond acceptors (Lipinski definition) is 6. The van der Waals surface area contributed by atoms with Gasteiger partial charge in [-0.3, -0.25) is 4.68 Å². The van der Waals surface area contributed by atoms with E-state index in [1.807, 2.05) is 69.6 Å². The first-order chi connectivity index (χ1) is 16.4. The average Bonchev–Trinajstić information content (AvgIpc) is 3.42. The lowest BCUT2D eigenvalue weighted by Crippen LogP contribution is -2.09. The molecule has 3 heterocycles. The first-order valence-electron chi connectivity index (χ1n) is 11.3. The van der Waals surface area contributed by atoms with Gasteiger partial charge in [-0.05, 0) is 68.3 Å². The monoisotopic (exact) mass is 453 g/mol. The number of rotatable bonds is 7. The van der Waals surface area contributed by atoms with Crippen LogP contribution in [0.3, 0.4) is 0 Å². The molecule has 0 saturated carbocycles. The van der Waals surface area contributed by atoms with Gasteiger partial charge in [-0.1, -0.05) is 12.1 Å². The number of nitrogens with one attached hydrogen (secondary N) is 1. The number of nitrogens with zero attached hydrogens (tertiary/aromatic N) is 4. The highest BCUT2D eigenvalue weighted by Gasteiger charge is 2.12. The Morgan fingerprint density at radius 3 is 2.76 bits per heavy atom. The molecular formula is C27H27N5O2. The molecule has 7 nitrogen and oxygen atoms in total. The fourth-order valence-corrected chi connectivity index (χ4v) is 3.98. The number of benzene rings is 2. The van der Waals surface area contributed by atoms with Crippen LogP contribution in [0.25, 0.3) is 22.2 Å². The molecule has 1 unspecified atom stereocenters. The zero-order valence-electron chi connectivity index (χ0n) is 19.7. The third kappa shape index (κ3) is 4.64. The normalized spacial score (nSPS) is 12.1. The number of hydrogen-bond donors (Lipinski definition) is 1. The van der Waals surface area contributed by atoms with Crippen LogP contribution in [-0.2, 0) is 13.7 Å². The maximum atomic E-state index is 5.94. The minimum absolute atomic E-state index is 0.0270. The van der Waals surface area contributed by atoms with Gasteiger partial charge in [0.2, 0.25) is 0 Å². The molecule has 0 radical (unpaired) electrons. The molecule has 0 amide bonds. The van der Waals surface area contributed by atoms with Crippen molar-refractivity contribution in [2.75, 3.05) is 5.32 Å². The third-order valence-corrected chi connectivity index (χ3v) is 5.78. The Morgan fingerprint density at radius 2 is 1.94 bits per heavy atom. The molecule has 7 heteroatoms. The summed E-state index contributed by atoms with van der Waals surface area (Å²) in [5.41, 5.74) is 5.89. The smallest absolute Gasteiger partial charge is 0.134 e. The largest absolute Gasteiger partial charge is 0.487 e. The Hall–Kier alpha value is -4.13. The first kappa shape index (κ1) is 21.7. The van der Waals surface area contributed by atoms with Crippen molar-refractivity contribution in [1.82, 2.24) is 19.7 Å². The molecule has 5 rings (SSSR count). The Labute approximate surface area is 198 Å². The van der Waals surface area contributed by atoms with Crippen LogP contribution in [0.15, 0.2) is 71.5 Å². The number of fused-ring (bicyclic) bond motifs is 1. The summed E-state index contributed by atoms with van der Waals surface area (Å²) >= 11 is 0. The highest BCUT2D eigenvalue weighted by Crippen LogP contribution is 2.29. The fourth-order valence-electron chi connectivity index (χ4n) is 3.98. The number of aromatic nitrogens is 4. The number of furan rings is 1. The van der Waals surface area contributed by atoms with E-state index in [9.17, 15) is 0 Å². The summed E-state index contributed by atoms with van der Waals surface area (Å²) < 4.78 is 13.3. The quantitative estimate of drug-likeness (QED) is 0.326. The third-order valence-electron chi connectivity index (χ3n) is 5.78. The summed E-state index contributed by atoms with van der Waals surface area (Å²) in [7, 11) is 1.90. The van der Waals surface area contributed by atoms with Crippen LogP contribution >= 0.6 is 0 Å². The van der Waals surface area contributed by atoms with Crippen LogP contribution in [0.5, 0.6) is 5.75 Å². The lowest BCUT2D eigenvalue weighted by molar-refractivity contribution is 0.299. The molecule has 0 bridgehead atoms. The second kappa shape index (κ2) is 9.02. The van der Waals surface area contributed by atoms with Crippen LogP contribution in [0, 0.1) is 13.8 Å². The molecule has 0 saturated heterocycles. The minimum Gasteiger partial charge on any atom is -0.487 e. The zero-order valence-corrected chi connectivity index (χ0v) is 19.7. The van der Waals surface area contributed by atoms with E-state index in [1.54, 1.807) is 10.9 Å². The molecule has 172 valence electrons. The van der Waals surface area contributed by atoms with Crippen LogP contribution in [0.1, 0.15) is 35.6 Å². The first-order valence-corrected chi connectivity index (χ1v) is 11.3. The van der Waals surface area contributed by atoms with E-state index in [0.717, 1.165) is 50.6 Å². The molecule has 0 aliphatic rings. The molecule has 1 N–H and O–H groups in total. The van der Waals surface area contributed by atoms with Crippen LogP contribution in [0.2, 0.25) is 0 Å². The SMILES string of the molecule is Cc1nc(NC(C)c2cccc(OCc3ccn(C)n3)c2)cc(-c2ccc3occ(C)c3c2)n1. The Morgan fingerprint density at radius 1 is 1.06 bits per heavy atom. The molecular weight excluding hydrogens is 426 g/mol.